The van der Waals surface area contributed by atoms with Gasteiger partial charge in [-0.15, -0.1) is 0 Å². The minimum Gasteiger partial charge on any atom is -0.493 e. The minimum absolute atomic E-state index is 0.0205. The Morgan fingerprint density at radius 3 is 2.03 bits per heavy atom. The van der Waals surface area contributed by atoms with Gasteiger partial charge in [-0.25, -0.2) is 0 Å². The van der Waals surface area contributed by atoms with Crippen LogP contribution in [0.1, 0.15) is 11.1 Å². The Morgan fingerprint density at radius 1 is 0.900 bits per heavy atom. The number of rotatable bonds is 5. The van der Waals surface area contributed by atoms with E-state index in [0.717, 1.165) is 11.1 Å². The van der Waals surface area contributed by atoms with Gasteiger partial charge in [0.1, 0.15) is 0 Å². The molecule has 2 aromatic carbocycles. The summed E-state index contributed by atoms with van der Waals surface area (Å²) in [6, 6.07) is 8.86. The Bertz CT molecular complexity index is 1000. The van der Waals surface area contributed by atoms with Gasteiger partial charge in [-0.05, 0) is 54.6 Å². The number of carbonyl (C=O) groups is 1. The van der Waals surface area contributed by atoms with E-state index in [4.69, 9.17) is 37.4 Å². The van der Waals surface area contributed by atoms with Crippen LogP contribution >= 0.6 is 23.2 Å². The fourth-order valence-corrected chi connectivity index (χ4v) is 3.86. The van der Waals surface area contributed by atoms with Crippen LogP contribution in [0.4, 0.5) is 0 Å². The van der Waals surface area contributed by atoms with E-state index in [1.165, 1.54) is 0 Å². The SMILES string of the molecule is COc1cc(/C=C2\CN(C)C/C(=C\c3ccc(Cl)cc3Cl)C2=O)cc(OC)c1OC. The number of benzene rings is 2. The van der Waals surface area contributed by atoms with E-state index in [9.17, 15) is 4.79 Å². The molecule has 1 aliphatic rings. The van der Waals surface area contributed by atoms with Crippen molar-refractivity contribution in [2.75, 3.05) is 41.5 Å². The Balaban J connectivity index is 2.01. The zero-order valence-corrected chi connectivity index (χ0v) is 18.8. The third-order valence-corrected chi connectivity index (χ3v) is 5.35. The van der Waals surface area contributed by atoms with Crippen molar-refractivity contribution in [3.8, 4) is 17.2 Å². The zero-order chi connectivity index (χ0) is 21.8. The molecule has 1 aliphatic heterocycles. The lowest BCUT2D eigenvalue weighted by atomic mass is 9.94. The number of ketones is 1. The first-order valence-electron chi connectivity index (χ1n) is 9.25. The number of hydrogen-bond acceptors (Lipinski definition) is 5. The third kappa shape index (κ3) is 4.81. The number of hydrogen-bond donors (Lipinski definition) is 0. The van der Waals surface area contributed by atoms with Gasteiger partial charge in [-0.3, -0.25) is 9.69 Å². The van der Waals surface area contributed by atoms with Crippen molar-refractivity contribution in [3.05, 3.63) is 62.7 Å². The van der Waals surface area contributed by atoms with E-state index in [-0.39, 0.29) is 5.78 Å². The van der Waals surface area contributed by atoms with E-state index in [1.807, 2.05) is 37.4 Å². The topological polar surface area (TPSA) is 48.0 Å². The Morgan fingerprint density at radius 2 is 1.50 bits per heavy atom. The predicted molar refractivity (Wildman–Crippen MR) is 121 cm³/mol. The molecule has 5 nitrogen and oxygen atoms in total. The lowest BCUT2D eigenvalue weighted by Crippen LogP contribution is -2.34. The smallest absolute Gasteiger partial charge is 0.203 e. The van der Waals surface area contributed by atoms with Crippen LogP contribution < -0.4 is 14.2 Å². The molecule has 3 rings (SSSR count). The third-order valence-electron chi connectivity index (χ3n) is 4.78. The number of carbonyl (C=O) groups excluding carboxylic acids is 1. The van der Waals surface area contributed by atoms with Gasteiger partial charge in [-0.1, -0.05) is 29.3 Å². The van der Waals surface area contributed by atoms with Crippen molar-refractivity contribution in [3.63, 3.8) is 0 Å². The lowest BCUT2D eigenvalue weighted by molar-refractivity contribution is -0.113. The van der Waals surface area contributed by atoms with Crippen molar-refractivity contribution in [2.24, 2.45) is 0 Å². The maximum Gasteiger partial charge on any atom is 0.203 e. The molecule has 1 heterocycles. The highest BCUT2D eigenvalue weighted by atomic mass is 35.5. The molecule has 0 radical (unpaired) electrons. The van der Waals surface area contributed by atoms with Crippen molar-refractivity contribution < 1.29 is 19.0 Å². The van der Waals surface area contributed by atoms with Crippen molar-refractivity contribution in [1.82, 2.24) is 4.90 Å². The first-order chi connectivity index (χ1) is 14.4. The Labute approximate surface area is 186 Å². The quantitative estimate of drug-likeness (QED) is 0.603. The van der Waals surface area contributed by atoms with E-state index in [1.54, 1.807) is 33.5 Å². The summed E-state index contributed by atoms with van der Waals surface area (Å²) >= 11 is 12.3. The monoisotopic (exact) mass is 447 g/mol. The summed E-state index contributed by atoms with van der Waals surface area (Å²) in [5.41, 5.74) is 2.86. The number of nitrogens with zero attached hydrogens (tertiary/aromatic N) is 1. The molecule has 7 heteroatoms. The van der Waals surface area contributed by atoms with Crippen LogP contribution in [0.2, 0.25) is 10.0 Å². The summed E-state index contributed by atoms with van der Waals surface area (Å²) in [7, 11) is 6.64. The summed E-state index contributed by atoms with van der Waals surface area (Å²) in [5.74, 6) is 1.55. The van der Waals surface area contributed by atoms with E-state index < -0.39 is 0 Å². The summed E-state index contributed by atoms with van der Waals surface area (Å²) in [4.78, 5) is 15.2. The van der Waals surface area contributed by atoms with E-state index in [2.05, 4.69) is 4.90 Å². The largest absolute Gasteiger partial charge is 0.493 e. The van der Waals surface area contributed by atoms with Gasteiger partial charge < -0.3 is 14.2 Å². The molecule has 0 aromatic heterocycles. The first-order valence-corrected chi connectivity index (χ1v) is 10.0. The van der Waals surface area contributed by atoms with Crippen LogP contribution in [0.15, 0.2) is 41.5 Å². The number of ether oxygens (including phenoxy) is 3. The van der Waals surface area contributed by atoms with Gasteiger partial charge in [0.25, 0.3) is 0 Å². The highest BCUT2D eigenvalue weighted by Crippen LogP contribution is 2.39. The van der Waals surface area contributed by atoms with Crippen molar-refractivity contribution in [2.45, 2.75) is 0 Å². The van der Waals surface area contributed by atoms with E-state index in [0.29, 0.717) is 51.5 Å². The molecule has 0 atom stereocenters. The molecular weight excluding hydrogens is 425 g/mol. The molecule has 158 valence electrons. The summed E-state index contributed by atoms with van der Waals surface area (Å²) in [6.07, 6.45) is 3.67. The number of likely N-dealkylation sites (tertiary alicyclic amines) is 1. The van der Waals surface area contributed by atoms with Crippen molar-refractivity contribution >= 4 is 41.1 Å². The zero-order valence-electron chi connectivity index (χ0n) is 17.3. The minimum atomic E-state index is -0.0205. The molecule has 0 bridgehead atoms. The van der Waals surface area contributed by atoms with Gasteiger partial charge in [0.05, 0.1) is 21.3 Å². The lowest BCUT2D eigenvalue weighted by Gasteiger charge is -2.26. The molecule has 0 saturated carbocycles. The molecule has 0 aliphatic carbocycles. The molecule has 30 heavy (non-hydrogen) atoms. The van der Waals surface area contributed by atoms with Gasteiger partial charge >= 0.3 is 0 Å². The summed E-state index contributed by atoms with van der Waals surface area (Å²) < 4.78 is 16.2. The van der Waals surface area contributed by atoms with Gasteiger partial charge in [-0.2, -0.15) is 0 Å². The summed E-state index contributed by atoms with van der Waals surface area (Å²) in [6.45, 7) is 1.06. The molecule has 1 saturated heterocycles. The number of methoxy groups -OCH3 is 3. The molecule has 2 aromatic rings. The van der Waals surface area contributed by atoms with Crippen molar-refractivity contribution in [1.29, 1.82) is 0 Å². The fraction of sp³-hybridized carbons (Fsp3) is 0.261. The highest BCUT2D eigenvalue weighted by molar-refractivity contribution is 6.35. The first kappa shape index (κ1) is 22.2. The van der Waals surface area contributed by atoms with Crippen LogP contribution in [-0.2, 0) is 4.79 Å². The molecule has 0 N–H and O–H groups in total. The molecule has 0 unspecified atom stereocenters. The normalized spacial score (nSPS) is 17.5. The number of Topliss-reactive ketones (excluding diaryl/α,β-unsaturated/α-hetero) is 1. The van der Waals surface area contributed by atoms with Gasteiger partial charge in [0.2, 0.25) is 5.75 Å². The highest BCUT2D eigenvalue weighted by Gasteiger charge is 2.24. The van der Waals surface area contributed by atoms with Crippen LogP contribution in [0.5, 0.6) is 17.2 Å². The molecule has 1 fully saturated rings. The van der Waals surface area contributed by atoms with Crippen LogP contribution in [0, 0.1) is 0 Å². The second kappa shape index (κ2) is 9.56. The second-order valence-corrected chi connectivity index (χ2v) is 7.81. The van der Waals surface area contributed by atoms with E-state index >= 15 is 0 Å². The number of halogens is 2. The maximum absolute atomic E-state index is 13.2. The number of likely N-dealkylation sites (N-methyl/N-ethyl adjacent to an activating group) is 1. The van der Waals surface area contributed by atoms with Crippen LogP contribution in [0.3, 0.4) is 0 Å². The predicted octanol–water partition coefficient (Wildman–Crippen LogP) is 5.00. The Kier molecular flexibility index (Phi) is 7.08. The maximum atomic E-state index is 13.2. The van der Waals surface area contributed by atoms with Crippen LogP contribution in [-0.4, -0.2) is 52.1 Å². The van der Waals surface area contributed by atoms with Gasteiger partial charge in [0.15, 0.2) is 17.3 Å². The number of piperidine rings is 1. The second-order valence-electron chi connectivity index (χ2n) is 6.97. The average molecular weight is 448 g/mol. The summed E-state index contributed by atoms with van der Waals surface area (Å²) in [5, 5.41) is 1.06. The van der Waals surface area contributed by atoms with Gasteiger partial charge in [0, 0.05) is 34.3 Å². The fourth-order valence-electron chi connectivity index (χ4n) is 3.40. The Hall–Kier alpha value is -2.47. The van der Waals surface area contributed by atoms with Crippen LogP contribution in [0.25, 0.3) is 12.2 Å². The standard InChI is InChI=1S/C23H23Cl2NO4/c1-26-12-16(7-14-8-20(28-2)23(30-4)21(9-14)29-3)22(27)17(13-26)10-15-5-6-18(24)11-19(15)25/h5-11H,12-13H2,1-4H3/b16-7+,17-10+. The molecule has 0 spiro atoms. The average Bonchev–Trinajstić information content (AvgIpc) is 2.72. The molecule has 0 amide bonds. The molecular formula is C23H23Cl2NO4.